The summed E-state index contributed by atoms with van der Waals surface area (Å²) in [6.45, 7) is 0. The van der Waals surface area contributed by atoms with Crippen LogP contribution in [0, 0.1) is 23.7 Å². The molecular weight excluding hydrogens is 1410 g/mol. The Bertz CT molecular complexity index is 4630. The minimum absolute atomic E-state index is 0. The number of halogens is 1. The third kappa shape index (κ3) is 19.7. The molecule has 0 aliphatic carbocycles. The van der Waals surface area contributed by atoms with E-state index < -0.39 is 11.9 Å². The van der Waals surface area contributed by atoms with E-state index in [1.807, 2.05) is 109 Å². The molecule has 0 saturated heterocycles. The van der Waals surface area contributed by atoms with Crippen LogP contribution < -0.4 is 4.98 Å². The maximum atomic E-state index is 11.4. The number of nitrogens with one attached hydrogen (secondary N) is 1. The van der Waals surface area contributed by atoms with E-state index in [0.717, 1.165) is 63.7 Å². The van der Waals surface area contributed by atoms with Crippen molar-refractivity contribution >= 4 is 121 Å². The predicted molar refractivity (Wildman–Crippen MR) is 353 cm³/mol. The number of H-pyrrole nitrogens is 1. The van der Waals surface area contributed by atoms with Gasteiger partial charge in [0.1, 0.15) is 0 Å². The van der Waals surface area contributed by atoms with E-state index >= 15 is 0 Å². The van der Waals surface area contributed by atoms with Crippen molar-refractivity contribution in [3.8, 4) is 6.07 Å². The van der Waals surface area contributed by atoms with Crippen molar-refractivity contribution in [1.29, 1.82) is 5.26 Å². The Morgan fingerprint density at radius 1 is 0.426 bits per heavy atom. The largest absolute Gasteiger partial charge is 0.478 e. The molecule has 7 aromatic heterocycles. The summed E-state index contributed by atoms with van der Waals surface area (Å²) in [5, 5.41) is 39.1. The average Bonchev–Trinajstić information content (AvgIpc) is 1.06. The van der Waals surface area contributed by atoms with Crippen molar-refractivity contribution in [2.75, 3.05) is 21.3 Å². The van der Waals surface area contributed by atoms with Crippen LogP contribution in [-0.2, 0) is 79.6 Å². The van der Waals surface area contributed by atoms with Gasteiger partial charge in [0.25, 0.3) is 0 Å². The van der Waals surface area contributed by atoms with Crippen LogP contribution in [-0.4, -0.2) is 96.8 Å². The number of hydrogen-bond donors (Lipinski definition) is 2. The van der Waals surface area contributed by atoms with Crippen LogP contribution in [0.15, 0.2) is 249 Å². The predicted octanol–water partition coefficient (Wildman–Crippen LogP) is 13.2. The van der Waals surface area contributed by atoms with E-state index in [0.29, 0.717) is 33.2 Å². The van der Waals surface area contributed by atoms with E-state index in [4.69, 9.17) is 20.2 Å². The SMILES string of the molecule is Brc1cccc2cnccc12.COC(=O)c1cccc2[c-]nccc12.COC(=O)c1cccc2c[nH+]ccc12.COC(=O)c1cccc2cnccc12.N#Cc1cccc2cnccc12.O.O=C(O)c1cccc2[c-]nccc12.O=C(O)c1cccc2cnccc12.[Y].[Y]. The molecule has 0 aliphatic rings. The molecule has 19 nitrogen and oxygen atoms in total. The Morgan fingerprint density at radius 3 is 1.22 bits per heavy atom. The van der Waals surface area contributed by atoms with Gasteiger partial charge in [0, 0.05) is 174 Å². The standard InChI is InChI=1S/2C11H9NO2.C11H8NO2.C10H6N2.C10H7NO2.C10H6NO2.C9H6BrN.H2O.2Y/c3*1-14-11(13)10-4-2-3-8-7-12-6-5-9(8)10;11-6-8-2-1-3-9-7-12-5-4-10(8)9;2*12-10(13)9-3-1-2-7-6-11-5-4-8(7)9;10-9-3-1-2-7-6-11-5-4-8(7)9;;;/h2*2-7H,1H3;2-6H,1H3;1-5,7H;1-6H,(H,12,13);1-5H,(H,12,13);1-6H;1H2;;/q;;-1;;;-1;;;;/p+1. The van der Waals surface area contributed by atoms with E-state index in [-0.39, 0.29) is 94.4 Å². The van der Waals surface area contributed by atoms with Crippen molar-refractivity contribution in [1.82, 2.24) is 29.9 Å². The molecule has 14 rings (SSSR count). The summed E-state index contributed by atoms with van der Waals surface area (Å²) in [6, 6.07) is 53.1. The van der Waals surface area contributed by atoms with Crippen molar-refractivity contribution in [2.45, 2.75) is 0 Å². The Balaban J connectivity index is 0.000000198. The van der Waals surface area contributed by atoms with Crippen LogP contribution in [0.3, 0.4) is 0 Å². The number of rotatable bonds is 5. The fraction of sp³-hybridized carbons (Fsp3) is 0.0417. The number of aromatic nitrogens is 7. The number of hydrogen-bond acceptors (Lipinski definition) is 15. The summed E-state index contributed by atoms with van der Waals surface area (Å²) in [5.41, 5.74) is 3.03. The molecule has 2 radical (unpaired) electrons. The number of carbonyl (C=O) groups is 5. The Morgan fingerprint density at radius 2 is 0.766 bits per heavy atom. The molecule has 0 atom stereocenters. The molecule has 14 aromatic rings. The summed E-state index contributed by atoms with van der Waals surface area (Å²) in [6.07, 6.45) is 26.1. The summed E-state index contributed by atoms with van der Waals surface area (Å²) >= 11 is 3.47. The van der Waals surface area contributed by atoms with Gasteiger partial charge in [-0.05, 0) is 89.2 Å². The van der Waals surface area contributed by atoms with Crippen molar-refractivity contribution < 1.29 is 124 Å². The third-order valence-electron chi connectivity index (χ3n) is 13.4. The van der Waals surface area contributed by atoms with Crippen LogP contribution in [0.2, 0.25) is 0 Å². The number of methoxy groups -OCH3 is 3. The Hall–Kier alpha value is -10.1. The number of nitrogens with zero attached hydrogens (tertiary/aromatic N) is 7. The number of carbonyl (C=O) groups excluding carboxylic acids is 3. The maximum absolute atomic E-state index is 11.4. The molecule has 22 heteroatoms. The number of benzene rings is 7. The zero-order chi connectivity index (χ0) is 64.5. The summed E-state index contributed by atoms with van der Waals surface area (Å²) in [7, 11) is 4.13. The van der Waals surface area contributed by atoms with Gasteiger partial charge in [-0.1, -0.05) is 106 Å². The van der Waals surface area contributed by atoms with Crippen LogP contribution in [0.5, 0.6) is 0 Å². The third-order valence-corrected chi connectivity index (χ3v) is 14.1. The molecule has 94 heavy (non-hydrogen) atoms. The summed E-state index contributed by atoms with van der Waals surface area (Å²) < 4.78 is 15.2. The molecule has 462 valence electrons. The zero-order valence-corrected chi connectivity index (χ0v) is 57.7. The quantitative estimate of drug-likeness (QED) is 0.0919. The zero-order valence-electron chi connectivity index (χ0n) is 50.4. The van der Waals surface area contributed by atoms with Crippen molar-refractivity contribution in [3.05, 3.63) is 294 Å². The van der Waals surface area contributed by atoms with Gasteiger partial charge in [0.15, 0.2) is 12.4 Å². The number of ether oxygens (including phenoxy) is 3. The van der Waals surface area contributed by atoms with Crippen molar-refractivity contribution in [2.24, 2.45) is 0 Å². The molecule has 0 aliphatic heterocycles. The molecule has 0 saturated carbocycles. The molecule has 0 amide bonds. The molecule has 0 unspecified atom stereocenters. The number of pyridine rings is 7. The van der Waals surface area contributed by atoms with Gasteiger partial charge in [0.2, 0.25) is 0 Å². The van der Waals surface area contributed by atoms with E-state index in [1.165, 1.54) is 38.3 Å². The average molecular weight is 1460 g/mol. The van der Waals surface area contributed by atoms with E-state index in [9.17, 15) is 24.0 Å². The van der Waals surface area contributed by atoms with Crippen LogP contribution >= 0.6 is 15.9 Å². The summed E-state index contributed by atoms with van der Waals surface area (Å²) in [5.74, 6) is -2.79. The van der Waals surface area contributed by atoms with E-state index in [2.05, 4.69) is 78.8 Å². The molecule has 7 aromatic carbocycles. The number of carboxylic acids is 2. The molecule has 5 N–H and O–H groups in total. The first-order chi connectivity index (χ1) is 44.3. The molecule has 0 spiro atoms. The number of esters is 3. The smallest absolute Gasteiger partial charge is 0.338 e. The minimum atomic E-state index is -0.926. The minimum Gasteiger partial charge on any atom is -0.478 e. The Labute approximate surface area is 597 Å². The van der Waals surface area contributed by atoms with Gasteiger partial charge in [-0.2, -0.15) is 5.26 Å². The topological polar surface area (TPSA) is 300 Å². The van der Waals surface area contributed by atoms with Gasteiger partial charge in [-0.15, -0.1) is 47.2 Å². The van der Waals surface area contributed by atoms with E-state index in [1.54, 1.807) is 129 Å². The van der Waals surface area contributed by atoms with Crippen LogP contribution in [0.4, 0.5) is 0 Å². The van der Waals surface area contributed by atoms with Gasteiger partial charge >= 0.3 is 29.8 Å². The first-order valence-electron chi connectivity index (χ1n) is 27.3. The van der Waals surface area contributed by atoms with Crippen LogP contribution in [0.25, 0.3) is 75.4 Å². The molecule has 7 heterocycles. The molecular formula is C72H54BrN8O11Y2-. The van der Waals surface area contributed by atoms with Gasteiger partial charge in [-0.25, -0.2) is 29.0 Å². The second-order valence-corrected chi connectivity index (χ2v) is 19.7. The number of carboxylic acid groups (broad SMARTS) is 2. The molecule has 0 fully saturated rings. The first kappa shape index (κ1) is 74.6. The maximum Gasteiger partial charge on any atom is 0.338 e. The number of fused-ring (bicyclic) bond motifs is 7. The normalized spacial score (nSPS) is 9.73. The second kappa shape index (κ2) is 38.0. The number of nitriles is 1. The van der Waals surface area contributed by atoms with Crippen molar-refractivity contribution in [3.63, 3.8) is 0 Å². The monoisotopic (exact) mass is 1460 g/mol. The molecule has 0 bridgehead atoms. The van der Waals surface area contributed by atoms with Gasteiger partial charge < -0.3 is 39.9 Å². The number of aromatic carboxylic acids is 2. The number of aromatic amines is 1. The first-order valence-corrected chi connectivity index (χ1v) is 28.1. The summed E-state index contributed by atoms with van der Waals surface area (Å²) in [4.78, 5) is 82.3. The van der Waals surface area contributed by atoms with Crippen LogP contribution in [0.1, 0.15) is 57.4 Å². The fourth-order valence-electron chi connectivity index (χ4n) is 9.07. The van der Waals surface area contributed by atoms with Gasteiger partial charge in [-0.3, -0.25) is 19.9 Å². The fourth-order valence-corrected chi connectivity index (χ4v) is 9.58. The van der Waals surface area contributed by atoms with Gasteiger partial charge in [0.05, 0.1) is 49.7 Å². The Kier molecular flexibility index (Phi) is 30.2. The second-order valence-electron chi connectivity index (χ2n) is 18.8.